The van der Waals surface area contributed by atoms with Gasteiger partial charge in [-0.2, -0.15) is 0 Å². The van der Waals surface area contributed by atoms with Crippen molar-refractivity contribution in [1.29, 1.82) is 0 Å². The Morgan fingerprint density at radius 2 is 2.09 bits per heavy atom. The van der Waals surface area contributed by atoms with Crippen LogP contribution in [0.25, 0.3) is 0 Å². The first-order valence-corrected chi connectivity index (χ1v) is 11.6. The maximum absolute atomic E-state index is 14.9. The number of carbonyl (C=O) groups is 1. The smallest absolute Gasteiger partial charge is 0.314 e. The van der Waals surface area contributed by atoms with Gasteiger partial charge in [0.05, 0.1) is 17.9 Å². The van der Waals surface area contributed by atoms with Gasteiger partial charge in [0.25, 0.3) is 0 Å². The Bertz CT molecular complexity index is 885. The van der Waals surface area contributed by atoms with E-state index in [1.807, 2.05) is 32.0 Å². The number of benzene rings is 1. The van der Waals surface area contributed by atoms with Crippen LogP contribution in [0.5, 0.6) is 0 Å². The summed E-state index contributed by atoms with van der Waals surface area (Å²) in [6.07, 6.45) is 11.1. The molecule has 7 heteroatoms. The number of halogens is 1. The van der Waals surface area contributed by atoms with E-state index in [1.165, 1.54) is 0 Å². The van der Waals surface area contributed by atoms with Gasteiger partial charge in [0.1, 0.15) is 5.82 Å². The summed E-state index contributed by atoms with van der Waals surface area (Å²) in [6.45, 7) is 3.75. The Hall–Kier alpha value is -2.38. The minimum atomic E-state index is -0.220. The lowest BCUT2D eigenvalue weighted by Gasteiger charge is -2.47. The lowest BCUT2D eigenvalue weighted by Crippen LogP contribution is -2.49. The summed E-state index contributed by atoms with van der Waals surface area (Å²) in [5, 5.41) is 9.34. The molecule has 1 aromatic carbocycles. The van der Waals surface area contributed by atoms with E-state index in [9.17, 15) is 9.18 Å². The third-order valence-electron chi connectivity index (χ3n) is 6.70. The third kappa shape index (κ3) is 5.15. The largest absolute Gasteiger partial charge is 0.379 e. The van der Waals surface area contributed by atoms with Gasteiger partial charge in [0.2, 0.25) is 0 Å². The fourth-order valence-corrected chi connectivity index (χ4v) is 5.10. The van der Waals surface area contributed by atoms with E-state index >= 15 is 0 Å². The monoisotopic (exact) mass is 442 g/mol. The zero-order valence-electron chi connectivity index (χ0n) is 19.2. The molecule has 1 unspecified atom stereocenters. The molecule has 1 aliphatic carbocycles. The Kier molecular flexibility index (Phi) is 7.16. The number of rotatable bonds is 6. The number of hydrogen-bond acceptors (Lipinski definition) is 4. The van der Waals surface area contributed by atoms with Gasteiger partial charge in [-0.1, -0.05) is 30.4 Å². The SMILES string of the molecule is Cc1cc(F)c2c(c1)[C@H]1O[C@@H](CNC(=O)NCCN(C)C)CC[C@H]1[C@H](C1C=CC=CC1)N2. The van der Waals surface area contributed by atoms with Crippen molar-refractivity contribution in [2.75, 3.05) is 39.0 Å². The highest BCUT2D eigenvalue weighted by atomic mass is 19.1. The van der Waals surface area contributed by atoms with Crippen LogP contribution in [-0.2, 0) is 4.74 Å². The van der Waals surface area contributed by atoms with Gasteiger partial charge in [0, 0.05) is 43.1 Å². The van der Waals surface area contributed by atoms with E-state index in [0.29, 0.717) is 24.7 Å². The summed E-state index contributed by atoms with van der Waals surface area (Å²) in [4.78, 5) is 14.1. The predicted octanol–water partition coefficient (Wildman–Crippen LogP) is 3.76. The molecule has 2 amide bonds. The van der Waals surface area contributed by atoms with Gasteiger partial charge in [0.15, 0.2) is 0 Å². The van der Waals surface area contributed by atoms with Gasteiger partial charge >= 0.3 is 6.03 Å². The second-order valence-corrected chi connectivity index (χ2v) is 9.45. The fourth-order valence-electron chi connectivity index (χ4n) is 5.10. The number of fused-ring (bicyclic) bond motifs is 3. The zero-order valence-corrected chi connectivity index (χ0v) is 19.2. The van der Waals surface area contributed by atoms with Crippen molar-refractivity contribution in [1.82, 2.24) is 15.5 Å². The number of urea groups is 1. The van der Waals surface area contributed by atoms with Crippen molar-refractivity contribution in [2.45, 2.75) is 44.4 Å². The van der Waals surface area contributed by atoms with E-state index < -0.39 is 0 Å². The average molecular weight is 443 g/mol. The zero-order chi connectivity index (χ0) is 22.7. The van der Waals surface area contributed by atoms with Crippen LogP contribution in [0, 0.1) is 24.6 Å². The number of allylic oxidation sites excluding steroid dienone is 3. The molecule has 0 aromatic heterocycles. The third-order valence-corrected chi connectivity index (χ3v) is 6.70. The normalized spacial score (nSPS) is 28.6. The van der Waals surface area contributed by atoms with Crippen molar-refractivity contribution in [2.24, 2.45) is 11.8 Å². The fraction of sp³-hybridized carbons (Fsp3) is 0.560. The number of amides is 2. The van der Waals surface area contributed by atoms with Gasteiger partial charge < -0.3 is 25.6 Å². The quantitative estimate of drug-likeness (QED) is 0.628. The number of likely N-dealkylation sites (N-methyl/N-ethyl adjacent to an activating group) is 1. The van der Waals surface area contributed by atoms with Crippen LogP contribution in [0.2, 0.25) is 0 Å². The molecule has 3 aliphatic rings. The number of hydrogen-bond donors (Lipinski definition) is 3. The standard InChI is InChI=1S/C25H35FN4O2/c1-16-13-20-23(21(26)14-16)29-22(17-7-5-4-6-8-17)19-10-9-18(32-24(19)20)15-28-25(31)27-11-12-30(2)3/h4-7,13-14,17-19,22,24,29H,8-12,15H2,1-3H3,(H2,27,28,31)/t17?,18-,19+,22+,24+/m1/s1. The number of ether oxygens (including phenoxy) is 1. The summed E-state index contributed by atoms with van der Waals surface area (Å²) < 4.78 is 21.5. The van der Waals surface area contributed by atoms with E-state index in [4.69, 9.17) is 4.74 Å². The van der Waals surface area contributed by atoms with E-state index in [1.54, 1.807) is 6.07 Å². The summed E-state index contributed by atoms with van der Waals surface area (Å²) >= 11 is 0. The van der Waals surface area contributed by atoms with Crippen LogP contribution in [-0.4, -0.2) is 56.8 Å². The number of anilines is 1. The van der Waals surface area contributed by atoms with Crippen molar-refractivity contribution in [3.63, 3.8) is 0 Å². The highest BCUT2D eigenvalue weighted by molar-refractivity contribution is 5.73. The van der Waals surface area contributed by atoms with Crippen LogP contribution < -0.4 is 16.0 Å². The number of aryl methyl sites for hydroxylation is 1. The molecule has 5 atom stereocenters. The topological polar surface area (TPSA) is 65.6 Å². The molecule has 2 heterocycles. The molecule has 174 valence electrons. The summed E-state index contributed by atoms with van der Waals surface area (Å²) in [5.74, 6) is 0.347. The van der Waals surface area contributed by atoms with Crippen LogP contribution in [0.4, 0.5) is 14.9 Å². The molecule has 0 saturated carbocycles. The molecule has 2 aliphatic heterocycles. The molecule has 0 spiro atoms. The van der Waals surface area contributed by atoms with E-state index in [-0.39, 0.29) is 36.0 Å². The first kappa shape index (κ1) is 22.8. The molecule has 6 nitrogen and oxygen atoms in total. The number of carbonyl (C=O) groups excluding carboxylic acids is 1. The van der Waals surface area contributed by atoms with Gasteiger partial charge in [-0.25, -0.2) is 9.18 Å². The van der Waals surface area contributed by atoms with E-state index in [0.717, 1.165) is 36.9 Å². The average Bonchev–Trinajstić information content (AvgIpc) is 2.77. The minimum Gasteiger partial charge on any atom is -0.379 e. The Morgan fingerprint density at radius 1 is 1.25 bits per heavy atom. The predicted molar refractivity (Wildman–Crippen MR) is 125 cm³/mol. The second-order valence-electron chi connectivity index (χ2n) is 9.45. The molecule has 1 saturated heterocycles. The highest BCUT2D eigenvalue weighted by Crippen LogP contribution is 2.48. The lowest BCUT2D eigenvalue weighted by atomic mass is 9.73. The number of nitrogens with zero attached hydrogens (tertiary/aromatic N) is 1. The van der Waals surface area contributed by atoms with Crippen LogP contribution in [0.1, 0.15) is 36.5 Å². The van der Waals surface area contributed by atoms with Crippen molar-refractivity contribution in [3.05, 3.63) is 53.4 Å². The Labute approximate surface area is 190 Å². The Morgan fingerprint density at radius 3 is 2.84 bits per heavy atom. The second kappa shape index (κ2) is 10.0. The summed E-state index contributed by atoms with van der Waals surface area (Å²) in [5.41, 5.74) is 2.36. The molecule has 1 aromatic rings. The van der Waals surface area contributed by atoms with Crippen LogP contribution in [0.15, 0.2) is 36.4 Å². The van der Waals surface area contributed by atoms with Gasteiger partial charge in [-0.05, 0) is 51.9 Å². The van der Waals surface area contributed by atoms with Gasteiger partial charge in [-0.3, -0.25) is 0 Å². The maximum atomic E-state index is 14.9. The maximum Gasteiger partial charge on any atom is 0.314 e. The first-order chi connectivity index (χ1) is 15.4. The summed E-state index contributed by atoms with van der Waals surface area (Å²) in [6, 6.07) is 3.57. The lowest BCUT2D eigenvalue weighted by molar-refractivity contribution is -0.0931. The van der Waals surface area contributed by atoms with Crippen LogP contribution >= 0.6 is 0 Å². The molecular weight excluding hydrogens is 407 g/mol. The molecule has 1 fully saturated rings. The molecule has 0 radical (unpaired) electrons. The molecule has 4 rings (SSSR count). The Balaban J connectivity index is 1.46. The molecule has 0 bridgehead atoms. The van der Waals surface area contributed by atoms with Crippen LogP contribution in [0.3, 0.4) is 0 Å². The van der Waals surface area contributed by atoms with E-state index in [2.05, 4.69) is 40.3 Å². The van der Waals surface area contributed by atoms with Crippen molar-refractivity contribution >= 4 is 11.7 Å². The minimum absolute atomic E-state index is 0.0900. The van der Waals surface area contributed by atoms with Gasteiger partial charge in [-0.15, -0.1) is 0 Å². The van der Waals surface area contributed by atoms with Crippen molar-refractivity contribution in [3.8, 4) is 0 Å². The highest BCUT2D eigenvalue weighted by Gasteiger charge is 2.44. The first-order valence-electron chi connectivity index (χ1n) is 11.6. The summed E-state index contributed by atoms with van der Waals surface area (Å²) in [7, 11) is 3.94. The molecule has 3 N–H and O–H groups in total. The number of nitrogens with one attached hydrogen (secondary N) is 3. The molecular formula is C25H35FN4O2. The molecule has 32 heavy (non-hydrogen) atoms. The van der Waals surface area contributed by atoms with Crippen molar-refractivity contribution < 1.29 is 13.9 Å².